The van der Waals surface area contributed by atoms with Crippen molar-refractivity contribution in [3.8, 4) is 0 Å². The molecule has 0 fully saturated rings. The van der Waals surface area contributed by atoms with Crippen molar-refractivity contribution in [2.24, 2.45) is 0 Å². The maximum absolute atomic E-state index is 12.5. The molecule has 1 N–H and O–H groups in total. The van der Waals surface area contributed by atoms with Crippen molar-refractivity contribution < 1.29 is 13.9 Å². The lowest BCUT2D eigenvalue weighted by atomic mass is 10.4. The van der Waals surface area contributed by atoms with Gasteiger partial charge in [0, 0.05) is 5.33 Å². The van der Waals surface area contributed by atoms with E-state index in [0.29, 0.717) is 20.0 Å². The molecular weight excluding hydrogens is 466 g/mol. The fraction of sp³-hybridized carbons (Fsp3) is 0.167. The molecule has 108 valence electrons. The topological polar surface area (TPSA) is 46.0 Å². The van der Waals surface area contributed by atoms with Gasteiger partial charge in [-0.2, -0.15) is 0 Å². The third-order valence-corrected chi connectivity index (χ3v) is 3.82. The zero-order valence-corrected chi connectivity index (χ0v) is 14.7. The smallest absolute Gasteiger partial charge is 0.155 e. The van der Waals surface area contributed by atoms with Gasteiger partial charge in [0.1, 0.15) is 0 Å². The second-order valence-electron chi connectivity index (χ2n) is 3.47. The summed E-state index contributed by atoms with van der Waals surface area (Å²) < 4.78 is 25.7. The lowest BCUT2D eigenvalue weighted by Gasteiger charge is -1.95. The van der Waals surface area contributed by atoms with Crippen LogP contribution in [0.3, 0.4) is 0 Å². The number of hydrogen-bond acceptors (Lipinski definition) is 3. The van der Waals surface area contributed by atoms with Crippen LogP contribution in [-0.4, -0.2) is 15.1 Å². The van der Waals surface area contributed by atoms with Crippen molar-refractivity contribution >= 4 is 47.8 Å². The molecule has 0 amide bonds. The van der Waals surface area contributed by atoms with Crippen molar-refractivity contribution in [1.82, 2.24) is 9.97 Å². The number of hydrogen-bond donors (Lipinski definition) is 1. The first kappa shape index (κ1) is 17.6. The maximum atomic E-state index is 12.5. The average molecular weight is 475 g/mol. The Labute approximate surface area is 139 Å². The van der Waals surface area contributed by atoms with Gasteiger partial charge in [0.15, 0.2) is 11.6 Å². The predicted molar refractivity (Wildman–Crippen MR) is 82.3 cm³/mol. The van der Waals surface area contributed by atoms with Gasteiger partial charge in [0.05, 0.1) is 39.3 Å². The highest BCUT2D eigenvalue weighted by atomic mass is 79.9. The molecule has 0 atom stereocenters. The van der Waals surface area contributed by atoms with E-state index in [0.717, 1.165) is 11.9 Å². The van der Waals surface area contributed by atoms with Crippen LogP contribution < -0.4 is 0 Å². The molecule has 0 saturated heterocycles. The van der Waals surface area contributed by atoms with Crippen LogP contribution in [0.15, 0.2) is 33.5 Å². The number of aliphatic hydroxyl groups is 1. The molecule has 0 spiro atoms. The van der Waals surface area contributed by atoms with Crippen LogP contribution in [0.1, 0.15) is 11.4 Å². The van der Waals surface area contributed by atoms with Crippen LogP contribution in [0.25, 0.3) is 0 Å². The maximum Gasteiger partial charge on any atom is 0.155 e. The van der Waals surface area contributed by atoms with Gasteiger partial charge in [-0.1, -0.05) is 15.9 Å². The van der Waals surface area contributed by atoms with Gasteiger partial charge in [-0.05, 0) is 44.0 Å². The molecule has 2 aromatic heterocycles. The fourth-order valence-corrected chi connectivity index (χ4v) is 2.11. The molecule has 0 radical (unpaired) electrons. The van der Waals surface area contributed by atoms with Crippen LogP contribution >= 0.6 is 47.8 Å². The van der Waals surface area contributed by atoms with Crippen molar-refractivity contribution in [3.63, 3.8) is 0 Å². The van der Waals surface area contributed by atoms with Crippen molar-refractivity contribution in [3.05, 3.63) is 56.5 Å². The zero-order valence-electron chi connectivity index (χ0n) is 9.96. The summed E-state index contributed by atoms with van der Waals surface area (Å²) in [6.07, 6.45) is 2.26. The van der Waals surface area contributed by atoms with Crippen LogP contribution in [-0.2, 0) is 11.9 Å². The minimum absolute atomic E-state index is 0.168. The van der Waals surface area contributed by atoms with Gasteiger partial charge >= 0.3 is 0 Å². The summed E-state index contributed by atoms with van der Waals surface area (Å²) >= 11 is 9.22. The van der Waals surface area contributed by atoms with Gasteiger partial charge in [0.25, 0.3) is 0 Å². The third-order valence-electron chi connectivity index (χ3n) is 2.03. The lowest BCUT2D eigenvalue weighted by Crippen LogP contribution is -1.89. The zero-order chi connectivity index (χ0) is 15.1. The number of rotatable bonds is 2. The second-order valence-corrected chi connectivity index (χ2v) is 5.74. The van der Waals surface area contributed by atoms with Crippen molar-refractivity contribution in [2.45, 2.75) is 11.9 Å². The SMILES string of the molecule is Fc1cnc(CBr)cc1Br.OCc1cc(Br)c(F)cn1. The highest BCUT2D eigenvalue weighted by molar-refractivity contribution is 9.10. The number of aromatic nitrogens is 2. The van der Waals surface area contributed by atoms with Crippen LogP contribution in [0.4, 0.5) is 8.78 Å². The van der Waals surface area contributed by atoms with Gasteiger partial charge in [-0.15, -0.1) is 0 Å². The Morgan fingerprint density at radius 3 is 1.80 bits per heavy atom. The number of pyridine rings is 2. The van der Waals surface area contributed by atoms with Gasteiger partial charge in [0.2, 0.25) is 0 Å². The van der Waals surface area contributed by atoms with E-state index in [1.165, 1.54) is 12.3 Å². The van der Waals surface area contributed by atoms with E-state index in [1.54, 1.807) is 6.07 Å². The highest BCUT2D eigenvalue weighted by Gasteiger charge is 2.00. The van der Waals surface area contributed by atoms with Crippen molar-refractivity contribution in [1.29, 1.82) is 0 Å². The molecule has 20 heavy (non-hydrogen) atoms. The molecule has 0 bridgehead atoms. The molecule has 0 aliphatic heterocycles. The quantitative estimate of drug-likeness (QED) is 0.658. The Morgan fingerprint density at radius 1 is 0.950 bits per heavy atom. The largest absolute Gasteiger partial charge is 0.390 e. The van der Waals surface area contributed by atoms with Crippen LogP contribution in [0.5, 0.6) is 0 Å². The van der Waals surface area contributed by atoms with Gasteiger partial charge < -0.3 is 5.11 Å². The summed E-state index contributed by atoms with van der Waals surface area (Å²) in [7, 11) is 0. The predicted octanol–water partition coefficient (Wildman–Crippen LogP) is 4.35. The Hall–Kier alpha value is -0.440. The van der Waals surface area contributed by atoms with E-state index in [9.17, 15) is 8.78 Å². The van der Waals surface area contributed by atoms with Gasteiger partial charge in [-0.25, -0.2) is 8.78 Å². The molecule has 2 aromatic rings. The molecule has 2 rings (SSSR count). The van der Waals surface area contributed by atoms with E-state index >= 15 is 0 Å². The Kier molecular flexibility index (Phi) is 7.71. The van der Waals surface area contributed by atoms with E-state index in [1.807, 2.05) is 0 Å². The molecule has 2 heterocycles. The number of halogens is 5. The normalized spacial score (nSPS) is 9.90. The molecule has 0 aromatic carbocycles. The molecular formula is C12H9Br3F2N2O. The first-order valence-electron chi connectivity index (χ1n) is 5.24. The van der Waals surface area contributed by atoms with Gasteiger partial charge in [-0.3, -0.25) is 9.97 Å². The molecule has 0 saturated carbocycles. The summed E-state index contributed by atoms with van der Waals surface area (Å²) in [6.45, 7) is -0.168. The summed E-state index contributed by atoms with van der Waals surface area (Å²) in [4.78, 5) is 7.41. The molecule has 0 aliphatic rings. The molecule has 0 aliphatic carbocycles. The van der Waals surface area contributed by atoms with E-state index < -0.39 is 5.82 Å². The van der Waals surface area contributed by atoms with Crippen LogP contribution in [0.2, 0.25) is 0 Å². The van der Waals surface area contributed by atoms with E-state index in [4.69, 9.17) is 5.11 Å². The summed E-state index contributed by atoms with van der Waals surface area (Å²) in [5.41, 5.74) is 1.27. The molecule has 3 nitrogen and oxygen atoms in total. The summed E-state index contributed by atoms with van der Waals surface area (Å²) in [5, 5.41) is 9.19. The second kappa shape index (κ2) is 8.76. The standard InChI is InChI=1S/C6H4Br2FN.C6H5BrFNO/c7-2-4-1-5(8)6(9)3-10-4;7-5-1-4(3-10)9-2-6(5)8/h1,3H,2H2;1-2,10H,3H2. The number of nitrogens with zero attached hydrogens (tertiary/aromatic N) is 2. The number of aliphatic hydroxyl groups excluding tert-OH is 1. The molecule has 8 heteroatoms. The lowest BCUT2D eigenvalue weighted by molar-refractivity contribution is 0.276. The minimum Gasteiger partial charge on any atom is -0.390 e. The Bertz CT molecular complexity index is 533. The van der Waals surface area contributed by atoms with Crippen molar-refractivity contribution in [2.75, 3.05) is 0 Å². The summed E-state index contributed by atoms with van der Waals surface area (Å²) in [6, 6.07) is 3.08. The van der Waals surface area contributed by atoms with E-state index in [-0.39, 0.29) is 12.4 Å². The fourth-order valence-electron chi connectivity index (χ4n) is 1.07. The highest BCUT2D eigenvalue weighted by Crippen LogP contribution is 2.16. The average Bonchev–Trinajstić information content (AvgIpc) is 2.45. The first-order valence-corrected chi connectivity index (χ1v) is 7.95. The Morgan fingerprint density at radius 2 is 1.40 bits per heavy atom. The van der Waals surface area contributed by atoms with E-state index in [2.05, 4.69) is 57.8 Å². The monoisotopic (exact) mass is 472 g/mol. The third kappa shape index (κ3) is 5.51. The number of alkyl halides is 1. The summed E-state index contributed by atoms with van der Waals surface area (Å²) in [5.74, 6) is -0.748. The van der Waals surface area contributed by atoms with Crippen LogP contribution in [0, 0.1) is 11.6 Å². The Balaban J connectivity index is 0.000000200. The minimum atomic E-state index is -0.419. The molecule has 0 unspecified atom stereocenters. The first-order chi connectivity index (χ1) is 9.47.